The molecule has 23 heavy (non-hydrogen) atoms. The minimum absolute atomic E-state index is 0.0245. The number of nitrogens with one attached hydrogen (secondary N) is 2. The molecule has 8 heteroatoms. The number of carbonyl (C=O) groups is 1. The average Bonchev–Trinajstić information content (AvgIpc) is 2.45. The van der Waals surface area contributed by atoms with Crippen LogP contribution >= 0.6 is 12.2 Å². The van der Waals surface area contributed by atoms with Crippen LogP contribution in [0.3, 0.4) is 0 Å². The fraction of sp³-hybridized carbons (Fsp3) is 0.467. The zero-order valence-electron chi connectivity index (χ0n) is 12.6. The van der Waals surface area contributed by atoms with Crippen LogP contribution in [-0.4, -0.2) is 42.2 Å². The number of thiocarbonyl (C=S) groups is 1. The van der Waals surface area contributed by atoms with E-state index in [2.05, 4.69) is 22.4 Å². The Kier molecular flexibility index (Phi) is 5.59. The second kappa shape index (κ2) is 7.27. The van der Waals surface area contributed by atoms with Crippen LogP contribution in [0.25, 0.3) is 0 Å². The smallest absolute Gasteiger partial charge is 0.333 e. The minimum Gasteiger partial charge on any atom is -0.333 e. The molecule has 0 bridgehead atoms. The zero-order valence-corrected chi connectivity index (χ0v) is 13.4. The lowest BCUT2D eigenvalue weighted by atomic mass is 9.89. The van der Waals surface area contributed by atoms with Crippen molar-refractivity contribution in [2.75, 3.05) is 25.5 Å². The molecule has 1 aromatic rings. The topological polar surface area (TPSA) is 44.4 Å². The first-order valence-corrected chi connectivity index (χ1v) is 7.64. The Morgan fingerprint density at radius 1 is 1.30 bits per heavy atom. The van der Waals surface area contributed by atoms with E-state index in [1.165, 1.54) is 11.4 Å². The predicted molar refractivity (Wildman–Crippen MR) is 86.4 cm³/mol. The number of hydrogen-bond donors (Lipinski definition) is 2. The second-order valence-corrected chi connectivity index (χ2v) is 6.01. The molecule has 4 nitrogen and oxygen atoms in total. The van der Waals surface area contributed by atoms with Crippen molar-refractivity contribution in [3.63, 3.8) is 0 Å². The third-order valence-electron chi connectivity index (χ3n) is 3.75. The van der Waals surface area contributed by atoms with Crippen molar-refractivity contribution in [3.05, 3.63) is 29.8 Å². The number of Topliss-reactive ketones (excluding diaryl/α,β-unsaturated/α-hetero) is 1. The molecule has 1 aliphatic rings. The van der Waals surface area contributed by atoms with Gasteiger partial charge in [0.25, 0.3) is 0 Å². The van der Waals surface area contributed by atoms with Gasteiger partial charge >= 0.3 is 6.30 Å². The van der Waals surface area contributed by atoms with Crippen LogP contribution in [0.4, 0.5) is 18.9 Å². The van der Waals surface area contributed by atoms with Crippen molar-refractivity contribution in [1.29, 1.82) is 0 Å². The van der Waals surface area contributed by atoms with Gasteiger partial charge in [-0.1, -0.05) is 12.1 Å². The molecule has 1 heterocycles. The Labute approximate surface area is 138 Å². The monoisotopic (exact) mass is 345 g/mol. The van der Waals surface area contributed by atoms with Crippen LogP contribution in [0, 0.1) is 5.92 Å². The number of carbonyl (C=O) groups excluding carboxylic acids is 1. The largest absolute Gasteiger partial charge is 0.484 e. The highest BCUT2D eigenvalue weighted by Crippen LogP contribution is 2.22. The Hall–Kier alpha value is -1.67. The number of alkyl halides is 3. The predicted octanol–water partition coefficient (Wildman–Crippen LogP) is 3.02. The second-order valence-electron chi connectivity index (χ2n) is 5.60. The highest BCUT2D eigenvalue weighted by Gasteiger charge is 2.28. The van der Waals surface area contributed by atoms with E-state index in [-0.39, 0.29) is 11.7 Å². The number of anilines is 1. The van der Waals surface area contributed by atoms with E-state index in [1.54, 1.807) is 18.2 Å². The molecule has 1 saturated heterocycles. The van der Waals surface area contributed by atoms with Gasteiger partial charge in [-0.05, 0) is 57.3 Å². The summed E-state index contributed by atoms with van der Waals surface area (Å²) in [5.74, 6) is -0.0156. The summed E-state index contributed by atoms with van der Waals surface area (Å²) in [5, 5.41) is 3.10. The Balaban J connectivity index is 2.02. The summed E-state index contributed by atoms with van der Waals surface area (Å²) >= 11 is 4.60. The first kappa shape index (κ1) is 17.7. The molecule has 0 aliphatic carbocycles. The average molecular weight is 345 g/mol. The Bertz CT molecular complexity index is 584. The molecule has 2 N–H and O–H groups in total. The van der Waals surface area contributed by atoms with Gasteiger partial charge in [-0.25, -0.2) is 0 Å². The number of likely N-dealkylation sites (tertiary alicyclic amines) is 1. The number of piperidine rings is 1. The van der Waals surface area contributed by atoms with E-state index in [0.29, 0.717) is 11.3 Å². The van der Waals surface area contributed by atoms with Gasteiger partial charge in [0, 0.05) is 17.2 Å². The number of nitrogens with zero attached hydrogens (tertiary/aromatic N) is 1. The molecule has 1 fully saturated rings. The van der Waals surface area contributed by atoms with Gasteiger partial charge in [0.05, 0.1) is 0 Å². The maximum absolute atomic E-state index is 12.5. The summed E-state index contributed by atoms with van der Waals surface area (Å²) in [6.07, 6.45) is -3.01. The van der Waals surface area contributed by atoms with Gasteiger partial charge in [0.1, 0.15) is 0 Å². The van der Waals surface area contributed by atoms with Crippen LogP contribution in [0.15, 0.2) is 24.3 Å². The van der Waals surface area contributed by atoms with E-state index in [9.17, 15) is 18.0 Å². The number of hydrogen-bond acceptors (Lipinski definition) is 3. The summed E-state index contributed by atoms with van der Waals surface area (Å²) in [5.41, 5.74) is 0.838. The molecule has 0 saturated carbocycles. The molecule has 0 amide bonds. The maximum atomic E-state index is 12.5. The molecular weight excluding hydrogens is 327 g/mol. The third-order valence-corrected chi connectivity index (χ3v) is 3.95. The summed E-state index contributed by atoms with van der Waals surface area (Å²) in [4.78, 5) is 14.7. The lowest BCUT2D eigenvalue weighted by molar-refractivity contribution is -0.141. The highest BCUT2D eigenvalue weighted by molar-refractivity contribution is 7.80. The molecule has 0 atom stereocenters. The van der Waals surface area contributed by atoms with Crippen LogP contribution in [0.5, 0.6) is 0 Å². The van der Waals surface area contributed by atoms with Crippen LogP contribution in [-0.2, 0) is 0 Å². The summed E-state index contributed by atoms with van der Waals surface area (Å²) in [6.45, 7) is 1.74. The van der Waals surface area contributed by atoms with Crippen molar-refractivity contribution in [2.24, 2.45) is 5.92 Å². The Morgan fingerprint density at radius 2 is 1.96 bits per heavy atom. The molecule has 0 unspecified atom stereocenters. The quantitative estimate of drug-likeness (QED) is 0.501. The highest BCUT2D eigenvalue weighted by atomic mass is 32.1. The molecule has 0 radical (unpaired) electrons. The fourth-order valence-electron chi connectivity index (χ4n) is 2.55. The maximum Gasteiger partial charge on any atom is 0.484 e. The normalized spacial score (nSPS) is 16.9. The first-order valence-electron chi connectivity index (χ1n) is 7.23. The molecular formula is C15H18F3N3OS. The summed E-state index contributed by atoms with van der Waals surface area (Å²) < 4.78 is 36.6. The van der Waals surface area contributed by atoms with E-state index in [4.69, 9.17) is 0 Å². The van der Waals surface area contributed by atoms with Crippen molar-refractivity contribution >= 4 is 28.8 Å². The molecule has 1 aromatic carbocycles. The molecule has 0 spiro atoms. The number of benzene rings is 1. The van der Waals surface area contributed by atoms with Crippen LogP contribution in [0.1, 0.15) is 23.2 Å². The van der Waals surface area contributed by atoms with Gasteiger partial charge in [-0.3, -0.25) is 10.1 Å². The van der Waals surface area contributed by atoms with Crippen LogP contribution in [0.2, 0.25) is 0 Å². The van der Waals surface area contributed by atoms with E-state index in [0.717, 1.165) is 25.9 Å². The van der Waals surface area contributed by atoms with E-state index >= 15 is 0 Å². The molecule has 0 aromatic heterocycles. The third kappa shape index (κ3) is 5.47. The van der Waals surface area contributed by atoms with Crippen LogP contribution < -0.4 is 10.6 Å². The lowest BCUT2D eigenvalue weighted by Crippen LogP contribution is -2.39. The summed E-state index contributed by atoms with van der Waals surface area (Å²) in [6, 6.07) is 6.40. The standard InChI is InChI=1S/C15H18F3N3OS/c1-21-7-5-10(6-8-21)13(22)11-3-2-4-12(9-11)19-14(23)20-15(16,17)18/h2-4,9-10H,5-8H2,1H3,(H2,19,20,23). The zero-order chi connectivity index (χ0) is 17.0. The molecule has 126 valence electrons. The minimum atomic E-state index is -4.59. The van der Waals surface area contributed by atoms with Gasteiger partial charge in [-0.2, -0.15) is 13.2 Å². The van der Waals surface area contributed by atoms with Crippen molar-refractivity contribution in [1.82, 2.24) is 10.2 Å². The number of ketones is 1. The number of rotatable bonds is 3. The molecule has 2 rings (SSSR count). The Morgan fingerprint density at radius 3 is 2.57 bits per heavy atom. The van der Waals surface area contributed by atoms with Gasteiger partial charge in [-0.15, -0.1) is 0 Å². The first-order chi connectivity index (χ1) is 10.7. The number of halogens is 3. The van der Waals surface area contributed by atoms with Gasteiger partial charge < -0.3 is 10.2 Å². The van der Waals surface area contributed by atoms with Crippen molar-refractivity contribution in [2.45, 2.75) is 19.1 Å². The van der Waals surface area contributed by atoms with Crippen molar-refractivity contribution in [3.8, 4) is 0 Å². The van der Waals surface area contributed by atoms with Crippen molar-refractivity contribution < 1.29 is 18.0 Å². The van der Waals surface area contributed by atoms with Gasteiger partial charge in [0.15, 0.2) is 10.9 Å². The lowest BCUT2D eigenvalue weighted by Gasteiger charge is -2.28. The van der Waals surface area contributed by atoms with E-state index in [1.807, 2.05) is 7.05 Å². The van der Waals surface area contributed by atoms with Gasteiger partial charge in [0.2, 0.25) is 0 Å². The fourth-order valence-corrected chi connectivity index (χ4v) is 2.78. The molecule has 1 aliphatic heterocycles. The SMILES string of the molecule is CN1CCC(C(=O)c2cccc(NC(=S)NC(F)(F)F)c2)CC1. The van der Waals surface area contributed by atoms with E-state index < -0.39 is 11.4 Å². The summed E-state index contributed by atoms with van der Waals surface area (Å²) in [7, 11) is 2.01.